The lowest BCUT2D eigenvalue weighted by atomic mass is 10.0. The molecule has 1 fully saturated rings. The zero-order valence-corrected chi connectivity index (χ0v) is 9.96. The van der Waals surface area contributed by atoms with Crippen LogP contribution in [0.2, 0.25) is 0 Å². The van der Waals surface area contributed by atoms with Crippen molar-refractivity contribution >= 4 is 17.1 Å². The van der Waals surface area contributed by atoms with E-state index < -0.39 is 5.97 Å². The van der Waals surface area contributed by atoms with Crippen molar-refractivity contribution < 1.29 is 14.3 Å². The van der Waals surface area contributed by atoms with E-state index in [2.05, 4.69) is 10.3 Å². The van der Waals surface area contributed by atoms with Crippen LogP contribution in [0.1, 0.15) is 18.0 Å². The minimum atomic E-state index is -0.707. The third kappa shape index (κ3) is 1.76. The quantitative estimate of drug-likeness (QED) is 0.860. The summed E-state index contributed by atoms with van der Waals surface area (Å²) in [7, 11) is 1.85. The van der Waals surface area contributed by atoms with Crippen LogP contribution in [-0.2, 0) is 4.79 Å². The number of rotatable bonds is 4. The first kappa shape index (κ1) is 11.2. The van der Waals surface area contributed by atoms with Crippen LogP contribution >= 0.6 is 0 Å². The highest BCUT2D eigenvalue weighted by Crippen LogP contribution is 2.47. The Labute approximate surface area is 104 Å². The monoisotopic (exact) mass is 246 g/mol. The number of carbonyl (C=O) groups is 1. The molecular formula is C13H14N2O3. The topological polar surface area (TPSA) is 75.4 Å². The SMILES string of the molecule is CNC(c1ccc2ncoc2c1)C1CC1C(=O)O. The molecular weight excluding hydrogens is 232 g/mol. The van der Waals surface area contributed by atoms with Crippen LogP contribution in [0.3, 0.4) is 0 Å². The number of carboxylic acids is 1. The Morgan fingerprint density at radius 3 is 3.11 bits per heavy atom. The molecule has 1 aliphatic carbocycles. The molecule has 5 nitrogen and oxygen atoms in total. The molecule has 1 heterocycles. The average Bonchev–Trinajstić information content (AvgIpc) is 3.00. The molecule has 0 spiro atoms. The predicted octanol–water partition coefficient (Wildman–Crippen LogP) is 1.81. The smallest absolute Gasteiger partial charge is 0.306 e. The fraction of sp³-hybridized carbons (Fsp3) is 0.385. The Morgan fingerprint density at radius 2 is 2.44 bits per heavy atom. The Morgan fingerprint density at radius 1 is 1.61 bits per heavy atom. The molecule has 1 aliphatic rings. The van der Waals surface area contributed by atoms with Gasteiger partial charge in [0.05, 0.1) is 5.92 Å². The molecule has 2 aromatic rings. The van der Waals surface area contributed by atoms with E-state index in [1.807, 2.05) is 25.2 Å². The van der Waals surface area contributed by atoms with Gasteiger partial charge in [0, 0.05) is 6.04 Å². The molecule has 3 atom stereocenters. The van der Waals surface area contributed by atoms with E-state index in [4.69, 9.17) is 9.52 Å². The van der Waals surface area contributed by atoms with E-state index >= 15 is 0 Å². The van der Waals surface area contributed by atoms with Gasteiger partial charge in [0.15, 0.2) is 12.0 Å². The molecule has 2 N–H and O–H groups in total. The first-order valence-corrected chi connectivity index (χ1v) is 5.94. The van der Waals surface area contributed by atoms with Gasteiger partial charge in [0.25, 0.3) is 0 Å². The molecule has 1 aromatic carbocycles. The summed E-state index contributed by atoms with van der Waals surface area (Å²) in [6.45, 7) is 0. The van der Waals surface area contributed by atoms with Crippen molar-refractivity contribution in [3.05, 3.63) is 30.2 Å². The van der Waals surface area contributed by atoms with Crippen molar-refractivity contribution in [1.82, 2.24) is 10.3 Å². The highest BCUT2D eigenvalue weighted by molar-refractivity contribution is 5.75. The van der Waals surface area contributed by atoms with Crippen LogP contribution in [0.15, 0.2) is 29.0 Å². The number of hydrogen-bond acceptors (Lipinski definition) is 4. The number of aromatic nitrogens is 1. The van der Waals surface area contributed by atoms with Crippen LogP contribution in [-0.4, -0.2) is 23.1 Å². The second-order valence-corrected chi connectivity index (χ2v) is 4.69. The minimum absolute atomic E-state index is 0.0561. The number of oxazole rings is 1. The molecule has 1 aromatic heterocycles. The molecule has 0 saturated heterocycles. The van der Waals surface area contributed by atoms with Crippen molar-refractivity contribution in [3.63, 3.8) is 0 Å². The van der Waals surface area contributed by atoms with Gasteiger partial charge in [-0.1, -0.05) is 6.07 Å². The predicted molar refractivity (Wildman–Crippen MR) is 65.0 cm³/mol. The van der Waals surface area contributed by atoms with Crippen molar-refractivity contribution in [2.24, 2.45) is 11.8 Å². The molecule has 0 radical (unpaired) electrons. The van der Waals surface area contributed by atoms with Gasteiger partial charge < -0.3 is 14.8 Å². The Kier molecular flexibility index (Phi) is 2.56. The first-order valence-electron chi connectivity index (χ1n) is 5.94. The average molecular weight is 246 g/mol. The number of carboxylic acid groups (broad SMARTS) is 1. The second-order valence-electron chi connectivity index (χ2n) is 4.69. The number of fused-ring (bicyclic) bond motifs is 1. The summed E-state index contributed by atoms with van der Waals surface area (Å²) >= 11 is 0. The normalized spacial score (nSPS) is 24.1. The van der Waals surface area contributed by atoms with Gasteiger partial charge in [-0.15, -0.1) is 0 Å². The highest BCUT2D eigenvalue weighted by Gasteiger charge is 2.47. The molecule has 94 valence electrons. The lowest BCUT2D eigenvalue weighted by molar-refractivity contribution is -0.138. The van der Waals surface area contributed by atoms with Crippen molar-refractivity contribution in [2.75, 3.05) is 7.05 Å². The highest BCUT2D eigenvalue weighted by atomic mass is 16.4. The fourth-order valence-corrected chi connectivity index (χ4v) is 2.56. The lowest BCUT2D eigenvalue weighted by Gasteiger charge is -2.16. The summed E-state index contributed by atoms with van der Waals surface area (Å²) < 4.78 is 5.27. The molecule has 5 heteroatoms. The number of nitrogens with one attached hydrogen (secondary N) is 1. The number of hydrogen-bond donors (Lipinski definition) is 2. The molecule has 3 rings (SSSR count). The van der Waals surface area contributed by atoms with Crippen LogP contribution in [0.5, 0.6) is 0 Å². The maximum Gasteiger partial charge on any atom is 0.306 e. The van der Waals surface area contributed by atoms with Crippen LogP contribution in [0, 0.1) is 11.8 Å². The zero-order valence-electron chi connectivity index (χ0n) is 9.96. The zero-order chi connectivity index (χ0) is 12.7. The number of nitrogens with zero attached hydrogens (tertiary/aromatic N) is 1. The minimum Gasteiger partial charge on any atom is -0.481 e. The van der Waals surface area contributed by atoms with Gasteiger partial charge >= 0.3 is 5.97 Å². The van der Waals surface area contributed by atoms with Gasteiger partial charge in [-0.2, -0.15) is 0 Å². The van der Waals surface area contributed by atoms with Crippen molar-refractivity contribution in [2.45, 2.75) is 12.5 Å². The molecule has 1 saturated carbocycles. The van der Waals surface area contributed by atoms with Crippen molar-refractivity contribution in [3.8, 4) is 0 Å². The maximum atomic E-state index is 10.9. The standard InChI is InChI=1S/C13H14N2O3/c1-14-12(8-5-9(8)13(16)17)7-2-3-10-11(4-7)18-6-15-10/h2-4,6,8-9,12,14H,5H2,1H3,(H,16,17). The van der Waals surface area contributed by atoms with Gasteiger partial charge in [0.2, 0.25) is 0 Å². The summed E-state index contributed by atoms with van der Waals surface area (Å²) in [6.07, 6.45) is 2.15. The van der Waals surface area contributed by atoms with E-state index in [0.717, 1.165) is 23.1 Å². The third-order valence-corrected chi connectivity index (χ3v) is 3.61. The lowest BCUT2D eigenvalue weighted by Crippen LogP contribution is -2.20. The fourth-order valence-electron chi connectivity index (χ4n) is 2.56. The van der Waals surface area contributed by atoms with E-state index in [-0.39, 0.29) is 17.9 Å². The largest absolute Gasteiger partial charge is 0.481 e. The maximum absolute atomic E-state index is 10.9. The Bertz CT molecular complexity index is 593. The van der Waals surface area contributed by atoms with Gasteiger partial charge in [0.1, 0.15) is 5.52 Å². The second kappa shape index (κ2) is 4.10. The number of aliphatic carboxylic acids is 1. The molecule has 3 unspecified atom stereocenters. The summed E-state index contributed by atoms with van der Waals surface area (Å²) in [5, 5.41) is 12.2. The molecule has 0 bridgehead atoms. The van der Waals surface area contributed by atoms with Crippen molar-refractivity contribution in [1.29, 1.82) is 0 Å². The van der Waals surface area contributed by atoms with E-state index in [1.54, 1.807) is 0 Å². The van der Waals surface area contributed by atoms with E-state index in [1.165, 1.54) is 6.39 Å². The van der Waals surface area contributed by atoms with Crippen LogP contribution in [0.25, 0.3) is 11.1 Å². The summed E-state index contributed by atoms with van der Waals surface area (Å²) in [5.41, 5.74) is 2.61. The first-order chi connectivity index (χ1) is 8.70. The number of benzene rings is 1. The van der Waals surface area contributed by atoms with Gasteiger partial charge in [-0.25, -0.2) is 4.98 Å². The van der Waals surface area contributed by atoms with Gasteiger partial charge in [-0.3, -0.25) is 4.79 Å². The molecule has 18 heavy (non-hydrogen) atoms. The third-order valence-electron chi connectivity index (χ3n) is 3.61. The summed E-state index contributed by atoms with van der Waals surface area (Å²) in [6, 6.07) is 5.86. The summed E-state index contributed by atoms with van der Waals surface area (Å²) in [5.74, 6) is -0.776. The molecule has 0 amide bonds. The van der Waals surface area contributed by atoms with E-state index in [9.17, 15) is 4.79 Å². The van der Waals surface area contributed by atoms with Crippen LogP contribution < -0.4 is 5.32 Å². The Hall–Kier alpha value is -1.88. The van der Waals surface area contributed by atoms with E-state index in [0.29, 0.717) is 0 Å². The molecule has 0 aliphatic heterocycles. The van der Waals surface area contributed by atoms with Crippen LogP contribution in [0.4, 0.5) is 0 Å². The van der Waals surface area contributed by atoms with Gasteiger partial charge in [-0.05, 0) is 37.1 Å². The summed E-state index contributed by atoms with van der Waals surface area (Å²) in [4.78, 5) is 15.0. The Balaban J connectivity index is 1.89.